The second-order valence-electron chi connectivity index (χ2n) is 10.6. The van der Waals surface area contributed by atoms with Crippen LogP contribution in [0.1, 0.15) is 77.9 Å². The number of benzene rings is 2. The third-order valence-electron chi connectivity index (χ3n) is 8.02. The van der Waals surface area contributed by atoms with Gasteiger partial charge in [-0.2, -0.15) is 0 Å². The summed E-state index contributed by atoms with van der Waals surface area (Å²) in [4.78, 5) is 36.6. The summed E-state index contributed by atoms with van der Waals surface area (Å²) >= 11 is 0. The molecular weight excluding hydrogens is 490 g/mol. The number of hydrogen-bond donors (Lipinski definition) is 1. The number of hydrogen-bond acceptors (Lipinski definition) is 6. The molecule has 2 aromatic heterocycles. The normalized spacial score (nSPS) is 19.1. The molecule has 3 heterocycles. The van der Waals surface area contributed by atoms with Crippen molar-refractivity contribution in [2.45, 2.75) is 51.4 Å². The maximum atomic E-state index is 12.8. The Morgan fingerprint density at radius 3 is 2.46 bits per heavy atom. The summed E-state index contributed by atoms with van der Waals surface area (Å²) in [6, 6.07) is 15.1. The average Bonchev–Trinajstić information content (AvgIpc) is 3.47. The minimum absolute atomic E-state index is 0.175. The van der Waals surface area contributed by atoms with Crippen molar-refractivity contribution >= 4 is 23.1 Å². The molecule has 0 saturated heterocycles. The molecule has 8 heteroatoms. The van der Waals surface area contributed by atoms with E-state index in [1.165, 1.54) is 4.90 Å². The Balaban J connectivity index is 1.21. The molecule has 0 atom stereocenters. The molecule has 4 aromatic rings. The molecule has 6 rings (SSSR count). The number of ether oxygens (including phenoxy) is 1. The van der Waals surface area contributed by atoms with E-state index in [4.69, 9.17) is 15.5 Å². The molecule has 2 amide bonds. The zero-order chi connectivity index (χ0) is 26.9. The molecule has 1 saturated carbocycles. The fourth-order valence-corrected chi connectivity index (χ4v) is 5.91. The molecule has 2 aromatic carbocycles. The van der Waals surface area contributed by atoms with Crippen LogP contribution in [0, 0.1) is 5.92 Å². The number of rotatable bonds is 8. The summed E-state index contributed by atoms with van der Waals surface area (Å²) in [6.07, 6.45) is 9.43. The lowest BCUT2D eigenvalue weighted by Crippen LogP contribution is -2.35. The topological polar surface area (TPSA) is 103 Å². The van der Waals surface area contributed by atoms with E-state index in [2.05, 4.69) is 16.3 Å². The minimum atomic E-state index is -0.175. The Hall–Kier alpha value is -4.20. The number of amides is 2. The Morgan fingerprint density at radius 1 is 1.00 bits per heavy atom. The van der Waals surface area contributed by atoms with Crippen LogP contribution >= 0.6 is 0 Å². The van der Waals surface area contributed by atoms with Gasteiger partial charge in [0.2, 0.25) is 0 Å². The second-order valence-corrected chi connectivity index (χ2v) is 10.6. The van der Waals surface area contributed by atoms with Crippen molar-refractivity contribution in [3.8, 4) is 17.0 Å². The van der Waals surface area contributed by atoms with Crippen LogP contribution in [0.4, 0.5) is 5.82 Å². The zero-order valence-corrected chi connectivity index (χ0v) is 22.2. The number of imide groups is 1. The van der Waals surface area contributed by atoms with Gasteiger partial charge in [0.05, 0.1) is 17.7 Å². The number of carbonyl (C=O) groups is 2. The number of anilines is 1. The summed E-state index contributed by atoms with van der Waals surface area (Å²) in [6.45, 7) is 3.30. The van der Waals surface area contributed by atoms with Gasteiger partial charge in [-0.1, -0.05) is 37.6 Å². The Morgan fingerprint density at radius 2 is 1.74 bits per heavy atom. The molecular formula is C31H33N5O3. The zero-order valence-electron chi connectivity index (χ0n) is 22.2. The van der Waals surface area contributed by atoms with Gasteiger partial charge in [-0.15, -0.1) is 0 Å². The first kappa shape index (κ1) is 25.1. The maximum absolute atomic E-state index is 12.8. The van der Waals surface area contributed by atoms with Crippen LogP contribution in [0.25, 0.3) is 16.8 Å². The number of carbonyl (C=O) groups excluding carboxylic acids is 2. The van der Waals surface area contributed by atoms with Gasteiger partial charge in [0.25, 0.3) is 11.8 Å². The fraction of sp³-hybridized carbons (Fsp3) is 0.355. The monoisotopic (exact) mass is 523 g/mol. The van der Waals surface area contributed by atoms with Crippen LogP contribution in [0.3, 0.4) is 0 Å². The fourth-order valence-electron chi connectivity index (χ4n) is 5.91. The average molecular weight is 524 g/mol. The Labute approximate surface area is 227 Å². The molecule has 39 heavy (non-hydrogen) atoms. The number of aromatic nitrogens is 3. The molecule has 0 radical (unpaired) electrons. The van der Waals surface area contributed by atoms with Crippen molar-refractivity contribution in [3.05, 3.63) is 77.9 Å². The van der Waals surface area contributed by atoms with Crippen molar-refractivity contribution in [1.29, 1.82) is 0 Å². The Kier molecular flexibility index (Phi) is 6.77. The van der Waals surface area contributed by atoms with Crippen LogP contribution < -0.4 is 10.5 Å². The van der Waals surface area contributed by atoms with Crippen LogP contribution in [0.2, 0.25) is 0 Å². The largest absolute Gasteiger partial charge is 0.494 e. The molecule has 2 aliphatic rings. The van der Waals surface area contributed by atoms with Crippen LogP contribution in [-0.4, -0.2) is 44.2 Å². The van der Waals surface area contributed by atoms with Gasteiger partial charge in [0.1, 0.15) is 28.6 Å². The molecule has 1 aliphatic carbocycles. The van der Waals surface area contributed by atoms with Crippen LogP contribution in [-0.2, 0) is 0 Å². The first-order valence-electron chi connectivity index (χ1n) is 13.9. The molecule has 8 nitrogen and oxygen atoms in total. The highest BCUT2D eigenvalue weighted by molar-refractivity contribution is 6.21. The molecule has 0 spiro atoms. The van der Waals surface area contributed by atoms with Gasteiger partial charge in [-0.25, -0.2) is 9.97 Å². The quantitative estimate of drug-likeness (QED) is 0.234. The number of nitrogen functional groups attached to an aromatic ring is 1. The predicted molar refractivity (Wildman–Crippen MR) is 150 cm³/mol. The van der Waals surface area contributed by atoms with E-state index < -0.39 is 0 Å². The first-order valence-corrected chi connectivity index (χ1v) is 13.9. The Bertz CT molecular complexity index is 1500. The summed E-state index contributed by atoms with van der Waals surface area (Å²) in [5, 5.41) is 0. The van der Waals surface area contributed by atoms with Crippen LogP contribution in [0.5, 0.6) is 5.75 Å². The number of fused-ring (bicyclic) bond motifs is 2. The van der Waals surface area contributed by atoms with Crippen molar-refractivity contribution < 1.29 is 14.3 Å². The summed E-state index contributed by atoms with van der Waals surface area (Å²) in [5.41, 5.74) is 9.97. The lowest BCUT2D eigenvalue weighted by Gasteiger charge is -2.30. The van der Waals surface area contributed by atoms with Crippen molar-refractivity contribution in [2.75, 3.05) is 18.9 Å². The molecule has 200 valence electrons. The highest BCUT2D eigenvalue weighted by Gasteiger charge is 2.37. The standard InChI is InChI=1S/C31H33N5O3/c1-2-3-17-39-23-8-6-7-22(18-23)26-27-28(32)33-15-16-35(27)29(34-26)21-13-11-20(12-14-21)19-36-30(37)24-9-4-5-10-25(24)31(36)38/h4-10,15-16,18,20-21H,2-3,11-14,17,19H2,1H3,(H2,32,33). The van der Waals surface area contributed by atoms with E-state index in [1.807, 2.05) is 30.5 Å². The van der Waals surface area contributed by atoms with Gasteiger partial charge < -0.3 is 10.5 Å². The van der Waals surface area contributed by atoms with Crippen molar-refractivity contribution in [2.24, 2.45) is 5.92 Å². The van der Waals surface area contributed by atoms with Crippen molar-refractivity contribution in [1.82, 2.24) is 19.3 Å². The molecule has 2 N–H and O–H groups in total. The molecule has 0 unspecified atom stereocenters. The van der Waals surface area contributed by atoms with Gasteiger partial charge >= 0.3 is 0 Å². The third-order valence-corrected chi connectivity index (χ3v) is 8.02. The van der Waals surface area contributed by atoms with Gasteiger partial charge in [0, 0.05) is 30.4 Å². The molecule has 1 aliphatic heterocycles. The lowest BCUT2D eigenvalue weighted by molar-refractivity contribution is 0.0614. The summed E-state index contributed by atoms with van der Waals surface area (Å²) < 4.78 is 8.02. The number of nitrogens with two attached hydrogens (primary N) is 1. The van der Waals surface area contributed by atoms with E-state index in [0.717, 1.165) is 66.9 Å². The summed E-state index contributed by atoms with van der Waals surface area (Å²) in [5.74, 6) is 2.41. The molecule has 1 fully saturated rings. The number of imidazole rings is 1. The predicted octanol–water partition coefficient (Wildman–Crippen LogP) is 5.73. The van der Waals surface area contributed by atoms with Gasteiger partial charge in [-0.05, 0) is 62.3 Å². The van der Waals surface area contributed by atoms with Crippen molar-refractivity contribution in [3.63, 3.8) is 0 Å². The minimum Gasteiger partial charge on any atom is -0.494 e. The summed E-state index contributed by atoms with van der Waals surface area (Å²) in [7, 11) is 0. The van der Waals surface area contributed by atoms with E-state index in [9.17, 15) is 9.59 Å². The molecule has 0 bridgehead atoms. The SMILES string of the molecule is CCCCOc1cccc(-c2nc(C3CCC(CN4C(=O)c5ccccc5C4=O)CC3)n3ccnc(N)c23)c1. The van der Waals surface area contributed by atoms with Gasteiger partial charge in [-0.3, -0.25) is 18.9 Å². The second kappa shape index (κ2) is 10.5. The highest BCUT2D eigenvalue weighted by Crippen LogP contribution is 2.39. The highest BCUT2D eigenvalue weighted by atomic mass is 16.5. The van der Waals surface area contributed by atoms with E-state index in [-0.39, 0.29) is 23.7 Å². The number of unbranched alkanes of at least 4 members (excludes halogenated alkanes) is 1. The third kappa shape index (κ3) is 4.64. The van der Waals surface area contributed by atoms with E-state index in [1.54, 1.807) is 30.5 Å². The smallest absolute Gasteiger partial charge is 0.261 e. The van der Waals surface area contributed by atoms with Gasteiger partial charge in [0.15, 0.2) is 0 Å². The first-order chi connectivity index (χ1) is 19.0. The van der Waals surface area contributed by atoms with Crippen LogP contribution in [0.15, 0.2) is 60.9 Å². The number of nitrogens with zero attached hydrogens (tertiary/aromatic N) is 4. The van der Waals surface area contributed by atoms with E-state index in [0.29, 0.717) is 30.1 Å². The lowest BCUT2D eigenvalue weighted by atomic mass is 9.81. The van der Waals surface area contributed by atoms with E-state index >= 15 is 0 Å². The maximum Gasteiger partial charge on any atom is 0.261 e.